The van der Waals surface area contributed by atoms with E-state index >= 15 is 0 Å². The maximum atomic E-state index is 13.8. The minimum atomic E-state index is -0.700. The molecule has 0 saturated carbocycles. The van der Waals surface area contributed by atoms with Crippen molar-refractivity contribution in [3.8, 4) is 0 Å². The van der Waals surface area contributed by atoms with Gasteiger partial charge < -0.3 is 10.1 Å². The molecule has 0 aliphatic heterocycles. The van der Waals surface area contributed by atoms with E-state index in [1.54, 1.807) is 27.7 Å². The minimum absolute atomic E-state index is 0.133. The Kier molecular flexibility index (Phi) is 6.70. The van der Waals surface area contributed by atoms with E-state index in [1.807, 2.05) is 30.3 Å². The first-order valence-electron chi connectivity index (χ1n) is 9.72. The van der Waals surface area contributed by atoms with E-state index < -0.39 is 23.4 Å². The number of hydrogen-bond donors (Lipinski definition) is 2. The van der Waals surface area contributed by atoms with E-state index in [-0.39, 0.29) is 11.4 Å². The van der Waals surface area contributed by atoms with Crippen molar-refractivity contribution in [2.24, 2.45) is 0 Å². The summed E-state index contributed by atoms with van der Waals surface area (Å²) in [5, 5.41) is 6.03. The normalized spacial score (nSPS) is 11.1. The highest BCUT2D eigenvalue weighted by molar-refractivity contribution is 7.14. The van der Waals surface area contributed by atoms with Crippen LogP contribution in [-0.2, 0) is 11.2 Å². The van der Waals surface area contributed by atoms with Gasteiger partial charge in [0.15, 0.2) is 0 Å². The number of aromatic nitrogens is 1. The number of nitrogens with zero attached hydrogens (tertiary/aromatic N) is 1. The number of aryl methyl sites for hydroxylation is 1. The second-order valence-electron chi connectivity index (χ2n) is 7.96. The number of anilines is 2. The molecule has 0 unspecified atom stereocenters. The molecule has 8 heteroatoms. The molecule has 1 heterocycles. The van der Waals surface area contributed by atoms with Gasteiger partial charge in [0, 0.05) is 6.42 Å². The Hall–Kier alpha value is -3.26. The van der Waals surface area contributed by atoms with Gasteiger partial charge in [-0.2, -0.15) is 0 Å². The molecule has 0 aliphatic carbocycles. The Morgan fingerprint density at radius 3 is 2.45 bits per heavy atom. The molecular weight excluding hydrogens is 417 g/mol. The van der Waals surface area contributed by atoms with Crippen LogP contribution in [0.1, 0.15) is 46.7 Å². The van der Waals surface area contributed by atoms with Crippen LogP contribution in [0.4, 0.5) is 20.6 Å². The van der Waals surface area contributed by atoms with Crippen LogP contribution < -0.4 is 10.6 Å². The second kappa shape index (κ2) is 9.26. The lowest BCUT2D eigenvalue weighted by molar-refractivity contribution is 0.0635. The lowest BCUT2D eigenvalue weighted by Gasteiger charge is -2.20. The SMILES string of the molecule is Cc1nc(Cc2ccccc2)sc1C(=O)Nc1cc(F)ccc1NC(=O)OC(C)(C)C. The van der Waals surface area contributed by atoms with Gasteiger partial charge >= 0.3 is 6.09 Å². The molecule has 3 rings (SSSR count). The number of hydrogen-bond acceptors (Lipinski definition) is 5. The number of ether oxygens (including phenoxy) is 1. The smallest absolute Gasteiger partial charge is 0.412 e. The summed E-state index contributed by atoms with van der Waals surface area (Å²) in [6, 6.07) is 13.5. The third-order valence-electron chi connectivity index (χ3n) is 4.11. The summed E-state index contributed by atoms with van der Waals surface area (Å²) < 4.78 is 19.1. The molecule has 2 aromatic carbocycles. The minimum Gasteiger partial charge on any atom is -0.444 e. The number of carbonyl (C=O) groups is 2. The second-order valence-corrected chi connectivity index (χ2v) is 9.04. The Morgan fingerprint density at radius 2 is 1.77 bits per heavy atom. The summed E-state index contributed by atoms with van der Waals surface area (Å²) in [4.78, 5) is 29.9. The molecule has 0 atom stereocenters. The highest BCUT2D eigenvalue weighted by Gasteiger charge is 2.20. The monoisotopic (exact) mass is 441 g/mol. The molecule has 1 aromatic heterocycles. The summed E-state index contributed by atoms with van der Waals surface area (Å²) in [5.41, 5.74) is 1.36. The van der Waals surface area contributed by atoms with Crippen molar-refractivity contribution in [3.05, 3.63) is 75.5 Å². The van der Waals surface area contributed by atoms with Crippen LogP contribution in [0.25, 0.3) is 0 Å². The number of amides is 2. The van der Waals surface area contributed by atoms with Crippen molar-refractivity contribution in [2.45, 2.75) is 39.7 Å². The number of halogens is 1. The first kappa shape index (κ1) is 22.4. The summed E-state index contributed by atoms with van der Waals surface area (Å²) in [6.45, 7) is 6.96. The molecule has 0 bridgehead atoms. The predicted octanol–water partition coefficient (Wildman–Crippen LogP) is 5.78. The van der Waals surface area contributed by atoms with Gasteiger partial charge in [0.05, 0.1) is 22.1 Å². The van der Waals surface area contributed by atoms with Crippen LogP contribution in [0.15, 0.2) is 48.5 Å². The highest BCUT2D eigenvalue weighted by atomic mass is 32.1. The molecule has 31 heavy (non-hydrogen) atoms. The Balaban J connectivity index is 1.77. The third kappa shape index (κ3) is 6.36. The van der Waals surface area contributed by atoms with Gasteiger partial charge in [-0.1, -0.05) is 30.3 Å². The summed E-state index contributed by atoms with van der Waals surface area (Å²) in [5.74, 6) is -0.969. The molecular formula is C23H24FN3O3S. The largest absolute Gasteiger partial charge is 0.444 e. The Bertz CT molecular complexity index is 1090. The molecule has 6 nitrogen and oxygen atoms in total. The summed E-state index contributed by atoms with van der Waals surface area (Å²) in [6.07, 6.45) is -0.0841. The lowest BCUT2D eigenvalue weighted by atomic mass is 10.2. The molecule has 162 valence electrons. The van der Waals surface area contributed by atoms with Gasteiger partial charge in [-0.25, -0.2) is 14.2 Å². The number of benzene rings is 2. The van der Waals surface area contributed by atoms with Gasteiger partial charge in [-0.15, -0.1) is 11.3 Å². The fourth-order valence-corrected chi connectivity index (χ4v) is 3.82. The van der Waals surface area contributed by atoms with Crippen LogP contribution in [0.2, 0.25) is 0 Å². The van der Waals surface area contributed by atoms with Crippen molar-refractivity contribution in [1.29, 1.82) is 0 Å². The van der Waals surface area contributed by atoms with Crippen molar-refractivity contribution in [1.82, 2.24) is 4.98 Å². The standard InChI is InChI=1S/C23H24FN3O3S/c1-14-20(31-19(25-14)12-15-8-6-5-7-9-15)21(28)26-18-13-16(24)10-11-17(18)27-22(29)30-23(2,3)4/h5-11,13H,12H2,1-4H3,(H,26,28)(H,27,29). The maximum absolute atomic E-state index is 13.8. The summed E-state index contributed by atoms with van der Waals surface area (Å²) in [7, 11) is 0. The fraction of sp³-hybridized carbons (Fsp3) is 0.261. The van der Waals surface area contributed by atoms with E-state index in [9.17, 15) is 14.0 Å². The Morgan fingerprint density at radius 1 is 1.06 bits per heavy atom. The maximum Gasteiger partial charge on any atom is 0.412 e. The molecule has 0 saturated heterocycles. The van der Waals surface area contributed by atoms with Crippen LogP contribution >= 0.6 is 11.3 Å². The van der Waals surface area contributed by atoms with E-state index in [0.29, 0.717) is 17.0 Å². The van der Waals surface area contributed by atoms with Gasteiger partial charge in [0.25, 0.3) is 5.91 Å². The predicted molar refractivity (Wildman–Crippen MR) is 120 cm³/mol. The lowest BCUT2D eigenvalue weighted by Crippen LogP contribution is -2.27. The van der Waals surface area contributed by atoms with Crippen LogP contribution in [-0.4, -0.2) is 22.6 Å². The van der Waals surface area contributed by atoms with Crippen LogP contribution in [0.3, 0.4) is 0 Å². The molecule has 2 N–H and O–H groups in total. The highest BCUT2D eigenvalue weighted by Crippen LogP contribution is 2.27. The first-order chi connectivity index (χ1) is 14.6. The zero-order chi connectivity index (χ0) is 22.6. The van der Waals surface area contributed by atoms with Gasteiger partial charge in [-0.05, 0) is 51.5 Å². The van der Waals surface area contributed by atoms with E-state index in [0.717, 1.165) is 16.6 Å². The quantitative estimate of drug-likeness (QED) is 0.526. The van der Waals surface area contributed by atoms with Crippen LogP contribution in [0, 0.1) is 12.7 Å². The fourth-order valence-electron chi connectivity index (χ4n) is 2.83. The Labute approximate surface area is 184 Å². The number of carbonyl (C=O) groups excluding carboxylic acids is 2. The van der Waals surface area contributed by atoms with E-state index in [4.69, 9.17) is 4.74 Å². The van der Waals surface area contributed by atoms with Crippen molar-refractivity contribution in [2.75, 3.05) is 10.6 Å². The number of rotatable bonds is 5. The molecule has 2 amide bonds. The van der Waals surface area contributed by atoms with Gasteiger partial charge in [-0.3, -0.25) is 10.1 Å². The molecule has 3 aromatic rings. The molecule has 0 spiro atoms. The van der Waals surface area contributed by atoms with Gasteiger partial charge in [0.1, 0.15) is 16.3 Å². The molecule has 0 fully saturated rings. The van der Waals surface area contributed by atoms with Crippen molar-refractivity contribution < 1.29 is 18.7 Å². The average molecular weight is 442 g/mol. The van der Waals surface area contributed by atoms with Crippen molar-refractivity contribution in [3.63, 3.8) is 0 Å². The zero-order valence-electron chi connectivity index (χ0n) is 17.8. The molecule has 0 radical (unpaired) electrons. The van der Waals surface area contributed by atoms with Crippen molar-refractivity contribution >= 4 is 34.7 Å². The zero-order valence-corrected chi connectivity index (χ0v) is 18.6. The van der Waals surface area contributed by atoms with E-state index in [1.165, 1.54) is 23.5 Å². The molecule has 0 aliphatic rings. The number of nitrogens with one attached hydrogen (secondary N) is 2. The van der Waals surface area contributed by atoms with Crippen LogP contribution in [0.5, 0.6) is 0 Å². The third-order valence-corrected chi connectivity index (χ3v) is 5.27. The van der Waals surface area contributed by atoms with Gasteiger partial charge in [0.2, 0.25) is 0 Å². The first-order valence-corrected chi connectivity index (χ1v) is 10.5. The van der Waals surface area contributed by atoms with E-state index in [2.05, 4.69) is 15.6 Å². The summed E-state index contributed by atoms with van der Waals surface area (Å²) >= 11 is 1.28. The average Bonchev–Trinajstić information content (AvgIpc) is 3.03. The number of thiazole rings is 1. The topological polar surface area (TPSA) is 80.3 Å².